The number of likely N-dealkylation sites (tertiary alicyclic amines) is 1. The molecule has 20 heavy (non-hydrogen) atoms. The van der Waals surface area contributed by atoms with Crippen molar-refractivity contribution in [3.05, 3.63) is 24.2 Å². The highest BCUT2D eigenvalue weighted by atomic mass is 16.3. The fraction of sp³-hybridized carbons (Fsp3) is 0.750. The summed E-state index contributed by atoms with van der Waals surface area (Å²) in [5, 5.41) is 0. The monoisotopic (exact) mass is 277 g/mol. The molecule has 3 rings (SSSR count). The minimum Gasteiger partial charge on any atom is -0.468 e. The maximum atomic E-state index is 6.25. The van der Waals surface area contributed by atoms with Gasteiger partial charge in [0.25, 0.3) is 0 Å². The van der Waals surface area contributed by atoms with Crippen LogP contribution in [0.25, 0.3) is 0 Å². The van der Waals surface area contributed by atoms with Gasteiger partial charge in [-0.1, -0.05) is 0 Å². The van der Waals surface area contributed by atoms with Gasteiger partial charge in [-0.25, -0.2) is 0 Å². The van der Waals surface area contributed by atoms with Gasteiger partial charge in [0.2, 0.25) is 0 Å². The average molecular weight is 277 g/mol. The molecule has 2 heterocycles. The Morgan fingerprint density at radius 2 is 2.30 bits per heavy atom. The molecule has 2 unspecified atom stereocenters. The molecular formula is C16H27N3O. The van der Waals surface area contributed by atoms with E-state index in [9.17, 15) is 0 Å². The van der Waals surface area contributed by atoms with E-state index in [1.54, 1.807) is 6.26 Å². The molecule has 2 fully saturated rings. The quantitative estimate of drug-likeness (QED) is 0.895. The highest BCUT2D eigenvalue weighted by molar-refractivity contribution is 5.07. The van der Waals surface area contributed by atoms with E-state index >= 15 is 0 Å². The lowest BCUT2D eigenvalue weighted by molar-refractivity contribution is -0.00448. The van der Waals surface area contributed by atoms with E-state index in [1.165, 1.54) is 19.3 Å². The molecule has 0 bridgehead atoms. The zero-order valence-electron chi connectivity index (χ0n) is 12.7. The summed E-state index contributed by atoms with van der Waals surface area (Å²) in [5.41, 5.74) is 6.40. The number of hydrogen-bond donors (Lipinski definition) is 1. The lowest BCUT2D eigenvalue weighted by Crippen LogP contribution is -2.61. The van der Waals surface area contributed by atoms with Gasteiger partial charge in [-0.3, -0.25) is 4.90 Å². The van der Waals surface area contributed by atoms with Crippen molar-refractivity contribution in [3.63, 3.8) is 0 Å². The van der Waals surface area contributed by atoms with Crippen molar-refractivity contribution in [2.45, 2.75) is 56.8 Å². The lowest BCUT2D eigenvalue weighted by Gasteiger charge is -2.50. The fourth-order valence-corrected chi connectivity index (χ4v) is 3.62. The third-order valence-corrected chi connectivity index (χ3v) is 5.24. The van der Waals surface area contributed by atoms with Crippen LogP contribution in [0.5, 0.6) is 0 Å². The standard InChI is InChI=1S/C16H27N3O/c1-13-10-16(12-17,7-8-18(13)2)19(14-5-6-14)11-15-4-3-9-20-15/h3-4,9,13-14H,5-8,10-12,17H2,1-2H3. The second kappa shape index (κ2) is 5.51. The largest absolute Gasteiger partial charge is 0.468 e. The molecule has 0 spiro atoms. The van der Waals surface area contributed by atoms with Crippen LogP contribution in [0, 0.1) is 0 Å². The summed E-state index contributed by atoms with van der Waals surface area (Å²) in [6.07, 6.45) is 6.73. The van der Waals surface area contributed by atoms with Crippen LogP contribution < -0.4 is 5.73 Å². The lowest BCUT2D eigenvalue weighted by atomic mass is 9.81. The number of nitrogens with two attached hydrogens (primary N) is 1. The molecule has 0 radical (unpaired) electrons. The Balaban J connectivity index is 1.80. The van der Waals surface area contributed by atoms with Crippen molar-refractivity contribution in [1.82, 2.24) is 9.80 Å². The van der Waals surface area contributed by atoms with Crippen molar-refractivity contribution < 1.29 is 4.42 Å². The van der Waals surface area contributed by atoms with Gasteiger partial charge in [-0.05, 0) is 58.3 Å². The summed E-state index contributed by atoms with van der Waals surface area (Å²) in [7, 11) is 2.22. The zero-order chi connectivity index (χ0) is 14.2. The van der Waals surface area contributed by atoms with E-state index in [-0.39, 0.29) is 5.54 Å². The summed E-state index contributed by atoms with van der Waals surface area (Å²) in [6, 6.07) is 5.37. The van der Waals surface area contributed by atoms with Gasteiger partial charge in [0, 0.05) is 24.2 Å². The average Bonchev–Trinajstić information content (AvgIpc) is 3.16. The second-order valence-electron chi connectivity index (χ2n) is 6.65. The Labute approximate surface area is 121 Å². The summed E-state index contributed by atoms with van der Waals surface area (Å²) in [4.78, 5) is 5.10. The number of rotatable bonds is 5. The number of hydrogen-bond acceptors (Lipinski definition) is 4. The van der Waals surface area contributed by atoms with Gasteiger partial charge in [0.15, 0.2) is 0 Å². The molecule has 4 nitrogen and oxygen atoms in total. The van der Waals surface area contributed by atoms with Crippen molar-refractivity contribution in [1.29, 1.82) is 0 Å². The number of piperidine rings is 1. The molecule has 1 aromatic rings. The molecule has 1 saturated heterocycles. The van der Waals surface area contributed by atoms with Crippen molar-refractivity contribution in [2.24, 2.45) is 5.73 Å². The number of furan rings is 1. The molecule has 2 N–H and O–H groups in total. The Hall–Kier alpha value is -0.840. The molecule has 1 aliphatic heterocycles. The Bertz CT molecular complexity index is 429. The van der Waals surface area contributed by atoms with Crippen LogP contribution >= 0.6 is 0 Å². The maximum Gasteiger partial charge on any atom is 0.117 e. The SMILES string of the molecule is CC1CC(CN)(N(Cc2ccco2)C2CC2)CCN1C. The predicted octanol–water partition coefficient (Wildman–Crippen LogP) is 2.06. The van der Waals surface area contributed by atoms with Gasteiger partial charge < -0.3 is 15.1 Å². The van der Waals surface area contributed by atoms with Crippen molar-refractivity contribution >= 4 is 0 Å². The van der Waals surface area contributed by atoms with Crippen LogP contribution in [0.2, 0.25) is 0 Å². The third kappa shape index (κ3) is 2.65. The van der Waals surface area contributed by atoms with Gasteiger partial charge >= 0.3 is 0 Å². The molecule has 1 aliphatic carbocycles. The van der Waals surface area contributed by atoms with Crippen molar-refractivity contribution in [2.75, 3.05) is 20.1 Å². The minimum absolute atomic E-state index is 0.153. The van der Waals surface area contributed by atoms with E-state index in [4.69, 9.17) is 10.2 Å². The first-order valence-electron chi connectivity index (χ1n) is 7.84. The maximum absolute atomic E-state index is 6.25. The first-order chi connectivity index (χ1) is 9.64. The van der Waals surface area contributed by atoms with E-state index in [0.717, 1.165) is 31.8 Å². The summed E-state index contributed by atoms with van der Waals surface area (Å²) in [6.45, 7) is 5.12. The van der Waals surface area contributed by atoms with Crippen LogP contribution in [-0.2, 0) is 6.54 Å². The molecule has 112 valence electrons. The molecule has 4 heteroatoms. The Morgan fingerprint density at radius 3 is 2.85 bits per heavy atom. The molecule has 2 atom stereocenters. The van der Waals surface area contributed by atoms with E-state index in [2.05, 4.69) is 29.8 Å². The molecule has 1 saturated carbocycles. The van der Waals surface area contributed by atoms with E-state index < -0.39 is 0 Å². The fourth-order valence-electron chi connectivity index (χ4n) is 3.62. The van der Waals surface area contributed by atoms with Gasteiger partial charge in [0.05, 0.1) is 12.8 Å². The first-order valence-corrected chi connectivity index (χ1v) is 7.84. The summed E-state index contributed by atoms with van der Waals surface area (Å²) in [5.74, 6) is 1.07. The second-order valence-corrected chi connectivity index (χ2v) is 6.65. The smallest absolute Gasteiger partial charge is 0.117 e. The molecule has 1 aromatic heterocycles. The predicted molar refractivity (Wildman–Crippen MR) is 80.4 cm³/mol. The molecule has 0 amide bonds. The van der Waals surface area contributed by atoms with E-state index in [1.807, 2.05) is 6.07 Å². The molecule has 0 aromatic carbocycles. The molecular weight excluding hydrogens is 250 g/mol. The molecule has 2 aliphatic rings. The van der Waals surface area contributed by atoms with Crippen molar-refractivity contribution in [3.8, 4) is 0 Å². The highest BCUT2D eigenvalue weighted by Gasteiger charge is 2.46. The number of nitrogens with zero attached hydrogens (tertiary/aromatic N) is 2. The minimum atomic E-state index is 0.153. The summed E-state index contributed by atoms with van der Waals surface area (Å²) >= 11 is 0. The Kier molecular flexibility index (Phi) is 3.89. The third-order valence-electron chi connectivity index (χ3n) is 5.24. The van der Waals surface area contributed by atoms with Gasteiger partial charge in [0.1, 0.15) is 5.76 Å². The van der Waals surface area contributed by atoms with Crippen LogP contribution in [0.4, 0.5) is 0 Å². The summed E-state index contributed by atoms with van der Waals surface area (Å²) < 4.78 is 5.58. The van der Waals surface area contributed by atoms with Crippen LogP contribution in [0.15, 0.2) is 22.8 Å². The van der Waals surface area contributed by atoms with Gasteiger partial charge in [-0.15, -0.1) is 0 Å². The Morgan fingerprint density at radius 1 is 1.50 bits per heavy atom. The van der Waals surface area contributed by atoms with Crippen LogP contribution in [0.3, 0.4) is 0 Å². The van der Waals surface area contributed by atoms with Crippen LogP contribution in [0.1, 0.15) is 38.4 Å². The topological polar surface area (TPSA) is 45.6 Å². The van der Waals surface area contributed by atoms with Crippen LogP contribution in [-0.4, -0.2) is 47.6 Å². The first kappa shape index (κ1) is 14.1. The zero-order valence-corrected chi connectivity index (χ0v) is 12.7. The normalized spacial score (nSPS) is 31.9. The van der Waals surface area contributed by atoms with Gasteiger partial charge in [-0.2, -0.15) is 0 Å². The highest BCUT2D eigenvalue weighted by Crippen LogP contribution is 2.40. The van der Waals surface area contributed by atoms with E-state index in [0.29, 0.717) is 12.1 Å².